The molecule has 0 aromatic heterocycles. The first-order chi connectivity index (χ1) is 4.52. The number of carbonyl (C=O) groups excluding carboxylic acids is 1. The first kappa shape index (κ1) is 7.37. The third kappa shape index (κ3) is 1.22. The minimum Gasteiger partial charge on any atom is -0.355 e. The minimum atomic E-state index is -4.42. The van der Waals surface area contributed by atoms with E-state index in [1.807, 2.05) is 0 Å². The van der Waals surface area contributed by atoms with Crippen molar-refractivity contribution in [3.63, 3.8) is 0 Å². The highest BCUT2D eigenvalue weighted by atomic mass is 19.4. The number of hydrogen-bond donors (Lipinski definition) is 1. The van der Waals surface area contributed by atoms with Crippen molar-refractivity contribution in [2.45, 2.75) is 6.18 Å². The molecule has 1 unspecified atom stereocenters. The van der Waals surface area contributed by atoms with Crippen LogP contribution in [0.3, 0.4) is 0 Å². The Morgan fingerprint density at radius 1 is 1.60 bits per heavy atom. The zero-order chi connectivity index (χ0) is 7.78. The Kier molecular flexibility index (Phi) is 1.58. The lowest BCUT2D eigenvalue weighted by atomic mass is 10.1. The van der Waals surface area contributed by atoms with Crippen molar-refractivity contribution >= 4 is 5.91 Å². The molecular formula is C5H5F3NO. The van der Waals surface area contributed by atoms with Crippen LogP contribution < -0.4 is 5.32 Å². The normalized spacial score (nSPS) is 26.7. The summed E-state index contributed by atoms with van der Waals surface area (Å²) in [7, 11) is 0. The summed E-state index contributed by atoms with van der Waals surface area (Å²) in [6, 6.07) is 0. The Labute approximate surface area is 55.4 Å². The van der Waals surface area contributed by atoms with Gasteiger partial charge in [-0.2, -0.15) is 13.2 Å². The SMILES string of the molecule is O=C1NC[CH]C1C(F)(F)F. The van der Waals surface area contributed by atoms with Crippen LogP contribution in [-0.4, -0.2) is 18.6 Å². The van der Waals surface area contributed by atoms with Gasteiger partial charge in [0.05, 0.1) is 0 Å². The molecule has 1 rings (SSSR count). The molecule has 1 fully saturated rings. The predicted octanol–water partition coefficient (Wildman–Crippen LogP) is 0.499. The van der Waals surface area contributed by atoms with Crippen molar-refractivity contribution in [3.05, 3.63) is 6.42 Å². The number of carbonyl (C=O) groups is 1. The van der Waals surface area contributed by atoms with Crippen molar-refractivity contribution in [1.82, 2.24) is 5.32 Å². The maximum Gasteiger partial charge on any atom is 0.400 e. The fourth-order valence-electron chi connectivity index (χ4n) is 0.777. The van der Waals surface area contributed by atoms with E-state index < -0.39 is 18.0 Å². The number of halogens is 3. The predicted molar refractivity (Wildman–Crippen MR) is 26.9 cm³/mol. The van der Waals surface area contributed by atoms with Gasteiger partial charge in [0.1, 0.15) is 5.92 Å². The van der Waals surface area contributed by atoms with Crippen molar-refractivity contribution in [3.8, 4) is 0 Å². The quantitative estimate of drug-likeness (QED) is 0.538. The van der Waals surface area contributed by atoms with Crippen LogP contribution in [0.15, 0.2) is 0 Å². The van der Waals surface area contributed by atoms with E-state index in [4.69, 9.17) is 0 Å². The number of alkyl halides is 3. The summed E-state index contributed by atoms with van der Waals surface area (Å²) in [5, 5.41) is 2.06. The molecule has 1 saturated heterocycles. The van der Waals surface area contributed by atoms with E-state index >= 15 is 0 Å². The number of rotatable bonds is 0. The molecule has 0 bridgehead atoms. The van der Waals surface area contributed by atoms with Crippen LogP contribution in [-0.2, 0) is 4.79 Å². The molecule has 1 amide bonds. The summed E-state index contributed by atoms with van der Waals surface area (Å²) >= 11 is 0. The lowest BCUT2D eigenvalue weighted by molar-refractivity contribution is -0.171. The number of amides is 1. The Balaban J connectivity index is 2.64. The molecular weight excluding hydrogens is 147 g/mol. The molecule has 1 atom stereocenters. The second-order valence-corrected chi connectivity index (χ2v) is 2.00. The van der Waals surface area contributed by atoms with Crippen LogP contribution >= 0.6 is 0 Å². The minimum absolute atomic E-state index is 0.0169. The first-order valence-electron chi connectivity index (χ1n) is 2.69. The van der Waals surface area contributed by atoms with Gasteiger partial charge in [0, 0.05) is 13.0 Å². The van der Waals surface area contributed by atoms with E-state index in [9.17, 15) is 18.0 Å². The summed E-state index contributed by atoms with van der Waals surface area (Å²) < 4.78 is 35.2. The summed E-state index contributed by atoms with van der Waals surface area (Å²) in [5.41, 5.74) is 0. The molecule has 5 heteroatoms. The molecule has 1 aliphatic rings. The third-order valence-electron chi connectivity index (χ3n) is 1.26. The summed E-state index contributed by atoms with van der Waals surface area (Å²) in [6.07, 6.45) is -3.50. The van der Waals surface area contributed by atoms with E-state index in [0.29, 0.717) is 0 Å². The molecule has 1 heterocycles. The molecule has 0 saturated carbocycles. The summed E-state index contributed by atoms with van der Waals surface area (Å²) in [4.78, 5) is 10.4. The van der Waals surface area contributed by atoms with Gasteiger partial charge in [-0.1, -0.05) is 0 Å². The molecule has 1 radical (unpaired) electrons. The van der Waals surface area contributed by atoms with Gasteiger partial charge in [-0.15, -0.1) is 0 Å². The largest absolute Gasteiger partial charge is 0.400 e. The Morgan fingerprint density at radius 2 is 2.20 bits per heavy atom. The molecule has 0 aromatic carbocycles. The molecule has 1 aliphatic heterocycles. The number of hydrogen-bond acceptors (Lipinski definition) is 1. The monoisotopic (exact) mass is 152 g/mol. The summed E-state index contributed by atoms with van der Waals surface area (Å²) in [5.74, 6) is -2.85. The zero-order valence-corrected chi connectivity index (χ0v) is 4.90. The molecule has 57 valence electrons. The Bertz CT molecular complexity index is 153. The van der Waals surface area contributed by atoms with Crippen molar-refractivity contribution in [1.29, 1.82) is 0 Å². The molecule has 10 heavy (non-hydrogen) atoms. The van der Waals surface area contributed by atoms with Crippen LogP contribution in [0, 0.1) is 12.3 Å². The Morgan fingerprint density at radius 3 is 2.40 bits per heavy atom. The smallest absolute Gasteiger partial charge is 0.355 e. The molecule has 2 nitrogen and oxygen atoms in total. The number of nitrogens with one attached hydrogen (secondary N) is 1. The van der Waals surface area contributed by atoms with E-state index in [1.165, 1.54) is 0 Å². The van der Waals surface area contributed by atoms with Crippen LogP contribution in [0.5, 0.6) is 0 Å². The highest BCUT2D eigenvalue weighted by Crippen LogP contribution is 2.30. The van der Waals surface area contributed by atoms with Crippen LogP contribution in [0.25, 0.3) is 0 Å². The topological polar surface area (TPSA) is 29.1 Å². The van der Waals surface area contributed by atoms with E-state index in [1.54, 1.807) is 0 Å². The molecule has 1 N–H and O–H groups in total. The van der Waals surface area contributed by atoms with Gasteiger partial charge in [0.2, 0.25) is 5.91 Å². The van der Waals surface area contributed by atoms with Gasteiger partial charge in [0.15, 0.2) is 0 Å². The molecule has 0 aliphatic carbocycles. The Hall–Kier alpha value is -0.740. The van der Waals surface area contributed by atoms with E-state index in [2.05, 4.69) is 5.32 Å². The standard InChI is InChI=1S/C5H5F3NO/c6-5(7,8)3-1-2-9-4(3)10/h1,3H,2H2,(H,9,10). The maximum atomic E-state index is 11.7. The highest BCUT2D eigenvalue weighted by Gasteiger charge is 2.47. The second kappa shape index (κ2) is 2.14. The maximum absolute atomic E-state index is 11.7. The van der Waals surface area contributed by atoms with E-state index in [0.717, 1.165) is 6.42 Å². The van der Waals surface area contributed by atoms with Crippen LogP contribution in [0.1, 0.15) is 0 Å². The van der Waals surface area contributed by atoms with Crippen LogP contribution in [0.4, 0.5) is 13.2 Å². The molecule has 0 aromatic rings. The van der Waals surface area contributed by atoms with Gasteiger partial charge < -0.3 is 5.32 Å². The van der Waals surface area contributed by atoms with Gasteiger partial charge >= 0.3 is 6.18 Å². The van der Waals surface area contributed by atoms with Gasteiger partial charge in [0.25, 0.3) is 0 Å². The fraction of sp³-hybridized carbons (Fsp3) is 0.600. The van der Waals surface area contributed by atoms with Crippen molar-refractivity contribution < 1.29 is 18.0 Å². The van der Waals surface area contributed by atoms with Crippen molar-refractivity contribution in [2.75, 3.05) is 6.54 Å². The third-order valence-corrected chi connectivity index (χ3v) is 1.26. The second-order valence-electron chi connectivity index (χ2n) is 2.00. The highest BCUT2D eigenvalue weighted by molar-refractivity contribution is 5.83. The van der Waals surface area contributed by atoms with E-state index in [-0.39, 0.29) is 6.54 Å². The average molecular weight is 152 g/mol. The average Bonchev–Trinajstić information content (AvgIpc) is 2.11. The van der Waals surface area contributed by atoms with Gasteiger partial charge in [-0.05, 0) is 0 Å². The first-order valence-corrected chi connectivity index (χ1v) is 2.69. The molecule has 0 spiro atoms. The van der Waals surface area contributed by atoms with Gasteiger partial charge in [-0.25, -0.2) is 0 Å². The van der Waals surface area contributed by atoms with Crippen LogP contribution in [0.2, 0.25) is 0 Å². The lowest BCUT2D eigenvalue weighted by Gasteiger charge is -2.09. The zero-order valence-electron chi connectivity index (χ0n) is 4.90. The summed E-state index contributed by atoms with van der Waals surface area (Å²) in [6.45, 7) is 0.0169. The van der Waals surface area contributed by atoms with Crippen molar-refractivity contribution in [2.24, 2.45) is 5.92 Å². The van der Waals surface area contributed by atoms with Gasteiger partial charge in [-0.3, -0.25) is 4.79 Å². The fourth-order valence-corrected chi connectivity index (χ4v) is 0.777. The lowest BCUT2D eigenvalue weighted by Crippen LogP contribution is -2.30.